The van der Waals surface area contributed by atoms with Crippen LogP contribution < -0.4 is 26.2 Å². The average molecular weight is 567 g/mol. The third kappa shape index (κ3) is 7.42. The third-order valence-corrected chi connectivity index (χ3v) is 7.19. The van der Waals surface area contributed by atoms with Crippen LogP contribution in [-0.4, -0.2) is 69.5 Å². The molecule has 3 aromatic heterocycles. The van der Waals surface area contributed by atoms with Crippen LogP contribution in [0.1, 0.15) is 63.7 Å². The zero-order chi connectivity index (χ0) is 29.7. The van der Waals surface area contributed by atoms with Crippen LogP contribution in [0.4, 0.5) is 17.2 Å². The third-order valence-electron chi connectivity index (χ3n) is 7.19. The van der Waals surface area contributed by atoms with Crippen LogP contribution >= 0.6 is 0 Å². The SMILES string of the molecule is Cn1cc(NC(=O)c2nc(NC(=O)c3cc(NC(=O)C4CCCC4)cn3C)cn2C)cc1C(=O)NCCC[NH+](C)C. The summed E-state index contributed by atoms with van der Waals surface area (Å²) in [4.78, 5) is 56.6. The second-order valence-corrected chi connectivity index (χ2v) is 11.0. The van der Waals surface area contributed by atoms with E-state index < -0.39 is 11.8 Å². The second-order valence-electron chi connectivity index (χ2n) is 11.0. The first-order chi connectivity index (χ1) is 19.5. The molecule has 5 N–H and O–H groups in total. The van der Waals surface area contributed by atoms with Gasteiger partial charge in [0, 0.05) is 58.6 Å². The van der Waals surface area contributed by atoms with Crippen molar-refractivity contribution in [3.8, 4) is 0 Å². The molecule has 0 saturated heterocycles. The molecule has 4 amide bonds. The Morgan fingerprint density at radius 3 is 2.07 bits per heavy atom. The van der Waals surface area contributed by atoms with Crippen molar-refractivity contribution >= 4 is 40.8 Å². The minimum absolute atomic E-state index is 0.0176. The summed E-state index contributed by atoms with van der Waals surface area (Å²) >= 11 is 0. The van der Waals surface area contributed by atoms with E-state index in [2.05, 4.69) is 40.3 Å². The largest absolute Gasteiger partial charge is 0.351 e. The lowest BCUT2D eigenvalue weighted by atomic mass is 10.1. The molecule has 41 heavy (non-hydrogen) atoms. The Morgan fingerprint density at radius 2 is 1.44 bits per heavy atom. The summed E-state index contributed by atoms with van der Waals surface area (Å²) in [5.74, 6) is -0.854. The molecule has 0 bridgehead atoms. The fraction of sp³-hybridized carbons (Fsp3) is 0.464. The van der Waals surface area contributed by atoms with Gasteiger partial charge >= 0.3 is 0 Å². The molecule has 220 valence electrons. The summed E-state index contributed by atoms with van der Waals surface area (Å²) in [6.07, 6.45) is 9.65. The van der Waals surface area contributed by atoms with Gasteiger partial charge in [-0.2, -0.15) is 0 Å². The Morgan fingerprint density at radius 1 is 0.829 bits per heavy atom. The number of carbonyl (C=O) groups excluding carboxylic acids is 4. The van der Waals surface area contributed by atoms with Crippen molar-refractivity contribution in [1.29, 1.82) is 0 Å². The fourth-order valence-corrected chi connectivity index (χ4v) is 4.99. The lowest BCUT2D eigenvalue weighted by Gasteiger charge is -2.08. The van der Waals surface area contributed by atoms with E-state index in [9.17, 15) is 19.2 Å². The summed E-state index contributed by atoms with van der Waals surface area (Å²) in [6.45, 7) is 1.52. The molecule has 1 fully saturated rings. The molecule has 0 unspecified atom stereocenters. The summed E-state index contributed by atoms with van der Waals surface area (Å²) in [6, 6.07) is 3.22. The van der Waals surface area contributed by atoms with E-state index in [0.29, 0.717) is 29.3 Å². The van der Waals surface area contributed by atoms with E-state index in [1.165, 1.54) is 15.7 Å². The van der Waals surface area contributed by atoms with Crippen LogP contribution in [0.25, 0.3) is 0 Å². The molecule has 1 aliphatic rings. The topological polar surface area (TPSA) is 149 Å². The predicted molar refractivity (Wildman–Crippen MR) is 155 cm³/mol. The highest BCUT2D eigenvalue weighted by Crippen LogP contribution is 2.26. The van der Waals surface area contributed by atoms with Gasteiger partial charge < -0.3 is 39.9 Å². The standard InChI is InChI=1S/C28H39N9O4/c1-34(2)12-8-11-29-26(39)21-13-20(16-35(21)3)31-28(41)24-32-23(17-37(24)5)33-27(40)22-14-19(15-36(22)4)30-25(38)18-9-6-7-10-18/h13-18H,6-12H2,1-5H3,(H,29,39)(H,30,38)(H,31,41)(H,33,40)/p+1. The number of hydrogen-bond acceptors (Lipinski definition) is 5. The quantitative estimate of drug-likeness (QED) is 0.220. The Labute approximate surface area is 239 Å². The Hall–Kier alpha value is -4.39. The van der Waals surface area contributed by atoms with Crippen LogP contribution in [0.5, 0.6) is 0 Å². The van der Waals surface area contributed by atoms with Gasteiger partial charge in [-0.3, -0.25) is 19.2 Å². The number of imidazole rings is 1. The zero-order valence-corrected chi connectivity index (χ0v) is 24.3. The molecule has 4 rings (SSSR count). The normalized spacial score (nSPS) is 13.4. The maximum Gasteiger partial charge on any atom is 0.291 e. The number of aromatic nitrogens is 4. The molecule has 0 aliphatic heterocycles. The van der Waals surface area contributed by atoms with Gasteiger partial charge in [0.15, 0.2) is 5.82 Å². The Bertz CT molecular complexity index is 1430. The van der Waals surface area contributed by atoms with E-state index in [1.54, 1.807) is 54.8 Å². The second kappa shape index (κ2) is 12.9. The zero-order valence-electron chi connectivity index (χ0n) is 24.3. The van der Waals surface area contributed by atoms with Gasteiger partial charge in [-0.05, 0) is 25.0 Å². The molecule has 3 aromatic rings. The fourth-order valence-electron chi connectivity index (χ4n) is 4.99. The molecule has 3 heterocycles. The molecule has 13 heteroatoms. The van der Waals surface area contributed by atoms with Gasteiger partial charge in [-0.25, -0.2) is 4.98 Å². The Kier molecular flexibility index (Phi) is 9.28. The molecule has 0 atom stereocenters. The Balaban J connectivity index is 1.35. The number of rotatable bonds is 11. The van der Waals surface area contributed by atoms with E-state index in [0.717, 1.165) is 38.6 Å². The van der Waals surface area contributed by atoms with Crippen LogP contribution in [0, 0.1) is 5.92 Å². The highest BCUT2D eigenvalue weighted by Gasteiger charge is 2.24. The minimum atomic E-state index is -0.490. The first kappa shape index (κ1) is 29.6. The number of nitrogens with zero attached hydrogens (tertiary/aromatic N) is 4. The van der Waals surface area contributed by atoms with Crippen LogP contribution in [-0.2, 0) is 25.9 Å². The summed E-state index contributed by atoms with van der Waals surface area (Å²) in [7, 11) is 9.22. The number of amides is 4. The van der Waals surface area contributed by atoms with Crippen molar-refractivity contribution in [3.05, 3.63) is 47.9 Å². The maximum atomic E-state index is 13.0. The van der Waals surface area contributed by atoms with Crippen LogP contribution in [0.15, 0.2) is 30.7 Å². The number of aryl methyl sites for hydroxylation is 3. The minimum Gasteiger partial charge on any atom is -0.351 e. The summed E-state index contributed by atoms with van der Waals surface area (Å²) in [5, 5.41) is 11.3. The van der Waals surface area contributed by atoms with Gasteiger partial charge in [0.2, 0.25) is 11.7 Å². The summed E-state index contributed by atoms with van der Waals surface area (Å²) < 4.78 is 4.78. The van der Waals surface area contributed by atoms with Crippen molar-refractivity contribution in [2.24, 2.45) is 27.1 Å². The predicted octanol–water partition coefficient (Wildman–Crippen LogP) is 0.995. The van der Waals surface area contributed by atoms with E-state index in [-0.39, 0.29) is 29.4 Å². The summed E-state index contributed by atoms with van der Waals surface area (Å²) in [5.41, 5.74) is 1.76. The first-order valence-electron chi connectivity index (χ1n) is 13.9. The molecule has 13 nitrogen and oxygen atoms in total. The number of hydrogen-bond donors (Lipinski definition) is 5. The van der Waals surface area contributed by atoms with Gasteiger partial charge in [-0.1, -0.05) is 12.8 Å². The molecular weight excluding hydrogens is 526 g/mol. The maximum absolute atomic E-state index is 13.0. The lowest BCUT2D eigenvalue weighted by Crippen LogP contribution is -3.05. The van der Waals surface area contributed by atoms with Gasteiger partial charge in [-0.15, -0.1) is 0 Å². The van der Waals surface area contributed by atoms with Crippen molar-refractivity contribution in [1.82, 2.24) is 24.0 Å². The van der Waals surface area contributed by atoms with Gasteiger partial charge in [0.05, 0.1) is 32.0 Å². The highest BCUT2D eigenvalue weighted by molar-refractivity contribution is 6.06. The van der Waals surface area contributed by atoms with E-state index >= 15 is 0 Å². The molecule has 1 saturated carbocycles. The highest BCUT2D eigenvalue weighted by atomic mass is 16.2. The van der Waals surface area contributed by atoms with Gasteiger partial charge in [0.1, 0.15) is 11.4 Å². The monoisotopic (exact) mass is 566 g/mol. The average Bonchev–Trinajstić information content (AvgIpc) is 3.69. The number of nitrogens with one attached hydrogen (secondary N) is 5. The van der Waals surface area contributed by atoms with E-state index in [1.807, 2.05) is 0 Å². The number of anilines is 3. The molecule has 0 aromatic carbocycles. The van der Waals surface area contributed by atoms with Crippen molar-refractivity contribution in [2.45, 2.75) is 32.1 Å². The first-order valence-corrected chi connectivity index (χ1v) is 13.9. The van der Waals surface area contributed by atoms with Gasteiger partial charge in [0.25, 0.3) is 17.7 Å². The number of quaternary nitrogens is 1. The van der Waals surface area contributed by atoms with Crippen LogP contribution in [0.2, 0.25) is 0 Å². The molecular formula is C28H40N9O4+. The van der Waals surface area contributed by atoms with Crippen molar-refractivity contribution < 1.29 is 24.1 Å². The molecule has 1 aliphatic carbocycles. The smallest absolute Gasteiger partial charge is 0.291 e. The van der Waals surface area contributed by atoms with Crippen molar-refractivity contribution in [2.75, 3.05) is 43.1 Å². The molecule has 0 radical (unpaired) electrons. The lowest BCUT2D eigenvalue weighted by molar-refractivity contribution is -0.858. The number of carbonyl (C=O) groups is 4. The van der Waals surface area contributed by atoms with E-state index in [4.69, 9.17) is 0 Å². The molecule has 0 spiro atoms. The van der Waals surface area contributed by atoms with Crippen LogP contribution in [0.3, 0.4) is 0 Å². The van der Waals surface area contributed by atoms with Crippen molar-refractivity contribution in [3.63, 3.8) is 0 Å².